The Bertz CT molecular complexity index is 842. The summed E-state index contributed by atoms with van der Waals surface area (Å²) in [7, 11) is 0. The number of nitriles is 1. The number of nitrogens with zero attached hydrogens (tertiary/aromatic N) is 3. The van der Waals surface area contributed by atoms with Gasteiger partial charge in [-0.2, -0.15) is 5.26 Å². The van der Waals surface area contributed by atoms with Crippen molar-refractivity contribution >= 4 is 11.6 Å². The Kier molecular flexibility index (Phi) is 2.70. The molecule has 0 spiro atoms. The van der Waals surface area contributed by atoms with E-state index in [0.29, 0.717) is 11.2 Å². The Balaban J connectivity index is 2.07. The summed E-state index contributed by atoms with van der Waals surface area (Å²) >= 11 is 0. The third-order valence-corrected chi connectivity index (χ3v) is 3.02. The molecule has 0 bridgehead atoms. The molecular weight excluding hydrogens is 254 g/mol. The average molecular weight is 263 g/mol. The standard InChI is InChI=1S/C15H9N3O2/c16-7-10-1-3-11(4-2-10)12-5-6-14-17-13(15(19)20)9-18(14)8-12/h1-6,8-9H,(H,19,20). The minimum atomic E-state index is -1.05. The molecule has 0 aliphatic rings. The molecule has 1 aromatic carbocycles. The zero-order valence-corrected chi connectivity index (χ0v) is 10.3. The van der Waals surface area contributed by atoms with Crippen molar-refractivity contribution in [1.29, 1.82) is 5.26 Å². The number of benzene rings is 1. The number of hydrogen-bond acceptors (Lipinski definition) is 3. The van der Waals surface area contributed by atoms with Crippen LogP contribution in [-0.2, 0) is 0 Å². The fourth-order valence-electron chi connectivity index (χ4n) is 2.00. The van der Waals surface area contributed by atoms with Gasteiger partial charge in [-0.25, -0.2) is 9.78 Å². The lowest BCUT2D eigenvalue weighted by Crippen LogP contribution is -1.94. The monoisotopic (exact) mass is 263 g/mol. The van der Waals surface area contributed by atoms with Crippen LogP contribution in [0.3, 0.4) is 0 Å². The molecule has 0 atom stereocenters. The zero-order valence-electron chi connectivity index (χ0n) is 10.3. The molecule has 5 heteroatoms. The van der Waals surface area contributed by atoms with Crippen molar-refractivity contribution in [2.75, 3.05) is 0 Å². The predicted molar refractivity (Wildman–Crippen MR) is 72.3 cm³/mol. The molecule has 0 saturated carbocycles. The molecule has 96 valence electrons. The van der Waals surface area contributed by atoms with Gasteiger partial charge in [-0.15, -0.1) is 0 Å². The van der Waals surface area contributed by atoms with Crippen LogP contribution in [0, 0.1) is 11.3 Å². The third-order valence-electron chi connectivity index (χ3n) is 3.02. The Hall–Kier alpha value is -3.13. The first-order chi connectivity index (χ1) is 9.67. The second-order valence-corrected chi connectivity index (χ2v) is 4.30. The lowest BCUT2D eigenvalue weighted by atomic mass is 10.1. The van der Waals surface area contributed by atoms with Crippen LogP contribution in [0.15, 0.2) is 48.8 Å². The zero-order chi connectivity index (χ0) is 14.1. The van der Waals surface area contributed by atoms with E-state index in [1.807, 2.05) is 24.4 Å². The van der Waals surface area contributed by atoms with E-state index in [4.69, 9.17) is 10.4 Å². The van der Waals surface area contributed by atoms with Crippen LogP contribution in [0.2, 0.25) is 0 Å². The number of aromatic carboxylic acids is 1. The van der Waals surface area contributed by atoms with Gasteiger partial charge in [0.05, 0.1) is 11.6 Å². The van der Waals surface area contributed by atoms with E-state index in [9.17, 15) is 4.79 Å². The van der Waals surface area contributed by atoms with Crippen molar-refractivity contribution in [2.45, 2.75) is 0 Å². The number of pyridine rings is 1. The minimum absolute atomic E-state index is 0.0157. The summed E-state index contributed by atoms with van der Waals surface area (Å²) in [6, 6.07) is 12.9. The van der Waals surface area contributed by atoms with Crippen molar-refractivity contribution in [2.24, 2.45) is 0 Å². The molecule has 5 nitrogen and oxygen atoms in total. The van der Waals surface area contributed by atoms with Crippen LogP contribution in [0.4, 0.5) is 0 Å². The van der Waals surface area contributed by atoms with Crippen LogP contribution in [0.5, 0.6) is 0 Å². The van der Waals surface area contributed by atoms with Gasteiger partial charge in [0, 0.05) is 12.4 Å². The Morgan fingerprint density at radius 1 is 1.10 bits per heavy atom. The second kappa shape index (κ2) is 4.52. The number of imidazole rings is 1. The molecule has 0 saturated heterocycles. The first kappa shape index (κ1) is 11.9. The molecule has 3 rings (SSSR count). The van der Waals surface area contributed by atoms with Crippen LogP contribution in [0.25, 0.3) is 16.8 Å². The largest absolute Gasteiger partial charge is 0.476 e. The molecular formula is C15H9N3O2. The maximum atomic E-state index is 10.9. The highest BCUT2D eigenvalue weighted by Gasteiger charge is 2.09. The summed E-state index contributed by atoms with van der Waals surface area (Å²) in [5.41, 5.74) is 3.08. The number of aromatic nitrogens is 2. The van der Waals surface area contributed by atoms with Crippen LogP contribution in [-0.4, -0.2) is 20.5 Å². The van der Waals surface area contributed by atoms with E-state index in [0.717, 1.165) is 11.1 Å². The van der Waals surface area contributed by atoms with Gasteiger partial charge in [-0.1, -0.05) is 12.1 Å². The predicted octanol–water partition coefficient (Wildman–Crippen LogP) is 2.57. The number of carboxylic acids is 1. The minimum Gasteiger partial charge on any atom is -0.476 e. The lowest BCUT2D eigenvalue weighted by molar-refractivity contribution is 0.0691. The quantitative estimate of drug-likeness (QED) is 0.770. The summed E-state index contributed by atoms with van der Waals surface area (Å²) in [6.45, 7) is 0. The number of hydrogen-bond donors (Lipinski definition) is 1. The lowest BCUT2D eigenvalue weighted by Gasteiger charge is -2.02. The summed E-state index contributed by atoms with van der Waals surface area (Å²) in [4.78, 5) is 14.9. The van der Waals surface area contributed by atoms with Gasteiger partial charge in [0.2, 0.25) is 0 Å². The Labute approximate surface area is 114 Å². The highest BCUT2D eigenvalue weighted by atomic mass is 16.4. The molecule has 3 aromatic rings. The molecule has 0 aliphatic heterocycles. The van der Waals surface area contributed by atoms with Crippen molar-refractivity contribution in [3.63, 3.8) is 0 Å². The second-order valence-electron chi connectivity index (χ2n) is 4.30. The molecule has 1 N–H and O–H groups in total. The van der Waals surface area contributed by atoms with E-state index in [1.165, 1.54) is 6.20 Å². The van der Waals surface area contributed by atoms with Gasteiger partial charge in [-0.05, 0) is 35.4 Å². The molecule has 0 unspecified atom stereocenters. The van der Waals surface area contributed by atoms with Crippen LogP contribution in [0.1, 0.15) is 16.1 Å². The number of fused-ring (bicyclic) bond motifs is 1. The first-order valence-electron chi connectivity index (χ1n) is 5.90. The smallest absolute Gasteiger partial charge is 0.356 e. The van der Waals surface area contributed by atoms with Gasteiger partial charge in [0.25, 0.3) is 0 Å². The summed E-state index contributed by atoms with van der Waals surface area (Å²) in [5.74, 6) is -1.05. The molecule has 0 aliphatic carbocycles. The van der Waals surface area contributed by atoms with Gasteiger partial charge in [0.1, 0.15) is 5.65 Å². The topological polar surface area (TPSA) is 78.4 Å². The maximum absolute atomic E-state index is 10.9. The average Bonchev–Trinajstić information content (AvgIpc) is 2.90. The van der Waals surface area contributed by atoms with Crippen molar-refractivity contribution in [3.05, 3.63) is 60.0 Å². The van der Waals surface area contributed by atoms with E-state index < -0.39 is 5.97 Å². The summed E-state index contributed by atoms with van der Waals surface area (Å²) in [5, 5.41) is 17.7. The van der Waals surface area contributed by atoms with Gasteiger partial charge in [-0.3, -0.25) is 0 Å². The maximum Gasteiger partial charge on any atom is 0.356 e. The van der Waals surface area contributed by atoms with Gasteiger partial charge >= 0.3 is 5.97 Å². The highest BCUT2D eigenvalue weighted by Crippen LogP contribution is 2.20. The fourth-order valence-corrected chi connectivity index (χ4v) is 2.00. The normalized spacial score (nSPS) is 10.3. The van der Waals surface area contributed by atoms with E-state index >= 15 is 0 Å². The Morgan fingerprint density at radius 3 is 2.45 bits per heavy atom. The van der Waals surface area contributed by atoms with Crippen LogP contribution >= 0.6 is 0 Å². The number of carbonyl (C=O) groups is 1. The van der Waals surface area contributed by atoms with Gasteiger partial charge in [0.15, 0.2) is 5.69 Å². The number of rotatable bonds is 2. The molecule has 0 radical (unpaired) electrons. The summed E-state index contributed by atoms with van der Waals surface area (Å²) < 4.78 is 1.68. The number of carboxylic acid groups (broad SMARTS) is 1. The van der Waals surface area contributed by atoms with Gasteiger partial charge < -0.3 is 9.51 Å². The highest BCUT2D eigenvalue weighted by molar-refractivity contribution is 5.86. The molecule has 2 heterocycles. The van der Waals surface area contributed by atoms with Crippen molar-refractivity contribution in [1.82, 2.24) is 9.38 Å². The van der Waals surface area contributed by atoms with Crippen LogP contribution < -0.4 is 0 Å². The molecule has 2 aromatic heterocycles. The molecule has 20 heavy (non-hydrogen) atoms. The van der Waals surface area contributed by atoms with Crippen molar-refractivity contribution in [3.8, 4) is 17.2 Å². The molecule has 0 fully saturated rings. The third kappa shape index (κ3) is 1.99. The van der Waals surface area contributed by atoms with E-state index in [-0.39, 0.29) is 5.69 Å². The molecule has 0 amide bonds. The van der Waals surface area contributed by atoms with E-state index in [2.05, 4.69) is 11.1 Å². The Morgan fingerprint density at radius 2 is 1.80 bits per heavy atom. The first-order valence-corrected chi connectivity index (χ1v) is 5.90. The van der Waals surface area contributed by atoms with Crippen molar-refractivity contribution < 1.29 is 9.90 Å². The van der Waals surface area contributed by atoms with E-state index in [1.54, 1.807) is 22.6 Å². The summed E-state index contributed by atoms with van der Waals surface area (Å²) in [6.07, 6.45) is 3.29. The SMILES string of the molecule is N#Cc1ccc(-c2ccc3nc(C(=O)O)cn3c2)cc1. The fraction of sp³-hybridized carbons (Fsp3) is 0.